The molecular formula is C23H26BrFN2O. The molecule has 0 saturated carbocycles. The van der Waals surface area contributed by atoms with Crippen molar-refractivity contribution in [2.75, 3.05) is 19.6 Å². The van der Waals surface area contributed by atoms with Crippen molar-refractivity contribution < 1.29 is 9.18 Å². The van der Waals surface area contributed by atoms with Gasteiger partial charge in [0, 0.05) is 30.2 Å². The van der Waals surface area contributed by atoms with Crippen LogP contribution in [0, 0.1) is 18.7 Å². The van der Waals surface area contributed by atoms with Crippen LogP contribution in [-0.4, -0.2) is 30.4 Å². The number of likely N-dealkylation sites (tertiary alicyclic amines) is 1. The van der Waals surface area contributed by atoms with E-state index < -0.39 is 0 Å². The number of hydrogen-bond donors (Lipinski definition) is 1. The van der Waals surface area contributed by atoms with Crippen molar-refractivity contribution >= 4 is 27.9 Å². The summed E-state index contributed by atoms with van der Waals surface area (Å²) < 4.78 is 14.6. The van der Waals surface area contributed by atoms with Crippen molar-refractivity contribution in [3.63, 3.8) is 0 Å². The number of benzene rings is 2. The summed E-state index contributed by atoms with van der Waals surface area (Å²) in [6.45, 7) is 4.91. The van der Waals surface area contributed by atoms with Gasteiger partial charge in [0.25, 0.3) is 0 Å². The first-order chi connectivity index (χ1) is 13.5. The highest BCUT2D eigenvalue weighted by atomic mass is 79.9. The highest BCUT2D eigenvalue weighted by Gasteiger charge is 2.21. The van der Waals surface area contributed by atoms with Crippen LogP contribution in [0.4, 0.5) is 4.39 Å². The third-order valence-corrected chi connectivity index (χ3v) is 5.74. The fourth-order valence-electron chi connectivity index (χ4n) is 3.37. The summed E-state index contributed by atoms with van der Waals surface area (Å²) in [5, 5.41) is 3.43. The van der Waals surface area contributed by atoms with Gasteiger partial charge < -0.3 is 10.2 Å². The number of rotatable bonds is 6. The molecule has 0 spiro atoms. The maximum absolute atomic E-state index is 13.6. The highest BCUT2D eigenvalue weighted by molar-refractivity contribution is 9.10. The number of hydrogen-bond acceptors (Lipinski definition) is 2. The monoisotopic (exact) mass is 444 g/mol. The summed E-state index contributed by atoms with van der Waals surface area (Å²) >= 11 is 3.41. The third-order valence-electron chi connectivity index (χ3n) is 5.21. The number of halogens is 2. The zero-order chi connectivity index (χ0) is 19.9. The number of carbonyl (C=O) groups is 1. The molecule has 1 N–H and O–H groups in total. The Labute approximate surface area is 174 Å². The number of piperidine rings is 1. The quantitative estimate of drug-likeness (QED) is 0.639. The van der Waals surface area contributed by atoms with E-state index >= 15 is 0 Å². The number of amides is 1. The van der Waals surface area contributed by atoms with Crippen LogP contribution < -0.4 is 5.32 Å². The van der Waals surface area contributed by atoms with Crippen molar-refractivity contribution in [3.05, 3.63) is 75.5 Å². The van der Waals surface area contributed by atoms with Crippen LogP contribution in [0.3, 0.4) is 0 Å². The molecule has 3 rings (SSSR count). The van der Waals surface area contributed by atoms with Gasteiger partial charge in [-0.25, -0.2) is 4.39 Å². The molecule has 1 amide bonds. The van der Waals surface area contributed by atoms with E-state index in [0.717, 1.165) is 48.1 Å². The SMILES string of the molecule is Cc1ccc(CNCC2CCN(C(=O)/C=C/c3ccc(Br)cc3)CC2)cc1F. The van der Waals surface area contributed by atoms with Crippen LogP contribution in [0.25, 0.3) is 6.08 Å². The van der Waals surface area contributed by atoms with Gasteiger partial charge in [-0.05, 0) is 73.2 Å². The Kier molecular flexibility index (Phi) is 7.40. The Morgan fingerprint density at radius 3 is 2.61 bits per heavy atom. The zero-order valence-electron chi connectivity index (χ0n) is 16.1. The minimum atomic E-state index is -0.151. The van der Waals surface area contributed by atoms with E-state index in [1.807, 2.05) is 47.4 Å². The van der Waals surface area contributed by atoms with Crippen LogP contribution in [0.15, 0.2) is 53.0 Å². The van der Waals surface area contributed by atoms with Gasteiger partial charge in [-0.3, -0.25) is 4.79 Å². The molecule has 28 heavy (non-hydrogen) atoms. The first kappa shape index (κ1) is 20.7. The molecule has 0 aliphatic carbocycles. The molecule has 1 saturated heterocycles. The van der Waals surface area contributed by atoms with Crippen molar-refractivity contribution in [1.29, 1.82) is 0 Å². The van der Waals surface area contributed by atoms with Crippen LogP contribution >= 0.6 is 15.9 Å². The van der Waals surface area contributed by atoms with Gasteiger partial charge in [-0.1, -0.05) is 40.2 Å². The van der Waals surface area contributed by atoms with Crippen molar-refractivity contribution in [2.24, 2.45) is 5.92 Å². The minimum Gasteiger partial charge on any atom is -0.339 e. The average Bonchev–Trinajstić information content (AvgIpc) is 2.70. The van der Waals surface area contributed by atoms with E-state index in [1.165, 1.54) is 0 Å². The van der Waals surface area contributed by atoms with Crippen LogP contribution in [0.1, 0.15) is 29.5 Å². The van der Waals surface area contributed by atoms with E-state index in [1.54, 1.807) is 19.1 Å². The lowest BCUT2D eigenvalue weighted by Gasteiger charge is -2.31. The Hall–Kier alpha value is -1.98. The number of nitrogens with zero attached hydrogens (tertiary/aromatic N) is 1. The zero-order valence-corrected chi connectivity index (χ0v) is 17.7. The molecule has 2 aromatic rings. The summed E-state index contributed by atoms with van der Waals surface area (Å²) in [5.74, 6) is 0.474. The summed E-state index contributed by atoms with van der Waals surface area (Å²) in [4.78, 5) is 14.3. The molecule has 0 bridgehead atoms. The molecule has 0 aromatic heterocycles. The van der Waals surface area contributed by atoms with Gasteiger partial charge in [0.05, 0.1) is 0 Å². The second kappa shape index (κ2) is 9.99. The van der Waals surface area contributed by atoms with Crippen molar-refractivity contribution in [1.82, 2.24) is 10.2 Å². The summed E-state index contributed by atoms with van der Waals surface area (Å²) in [6, 6.07) is 13.3. The van der Waals surface area contributed by atoms with Crippen LogP contribution in [-0.2, 0) is 11.3 Å². The van der Waals surface area contributed by atoms with E-state index in [0.29, 0.717) is 18.0 Å². The molecule has 1 heterocycles. The molecule has 0 unspecified atom stereocenters. The highest BCUT2D eigenvalue weighted by Crippen LogP contribution is 2.18. The molecule has 2 aromatic carbocycles. The van der Waals surface area contributed by atoms with E-state index in [9.17, 15) is 9.18 Å². The second-order valence-electron chi connectivity index (χ2n) is 7.37. The number of carbonyl (C=O) groups excluding carboxylic acids is 1. The molecule has 1 fully saturated rings. The van der Waals surface area contributed by atoms with Gasteiger partial charge in [-0.2, -0.15) is 0 Å². The maximum Gasteiger partial charge on any atom is 0.246 e. The fourth-order valence-corrected chi connectivity index (χ4v) is 3.64. The molecule has 3 nitrogen and oxygen atoms in total. The standard InChI is InChI=1S/C23H26BrFN2O/c1-17-2-3-20(14-22(17)25)16-26-15-19-10-12-27(13-11-19)23(28)9-6-18-4-7-21(24)8-5-18/h2-9,14,19,26H,10-13,15-16H2,1H3/b9-6+. The molecule has 5 heteroatoms. The predicted molar refractivity (Wildman–Crippen MR) is 115 cm³/mol. The summed E-state index contributed by atoms with van der Waals surface area (Å²) in [5.41, 5.74) is 2.66. The van der Waals surface area contributed by atoms with Crippen LogP contribution in [0.5, 0.6) is 0 Å². The number of nitrogens with one attached hydrogen (secondary N) is 1. The fraction of sp³-hybridized carbons (Fsp3) is 0.348. The Morgan fingerprint density at radius 2 is 1.93 bits per heavy atom. The largest absolute Gasteiger partial charge is 0.339 e. The predicted octanol–water partition coefficient (Wildman–Crippen LogP) is 4.94. The molecule has 1 aliphatic rings. The lowest BCUT2D eigenvalue weighted by molar-refractivity contribution is -0.127. The smallest absolute Gasteiger partial charge is 0.246 e. The number of aryl methyl sites for hydroxylation is 1. The topological polar surface area (TPSA) is 32.3 Å². The molecule has 0 radical (unpaired) electrons. The van der Waals surface area contributed by atoms with E-state index in [2.05, 4.69) is 21.2 Å². The van der Waals surface area contributed by atoms with Gasteiger partial charge in [0.15, 0.2) is 0 Å². The second-order valence-corrected chi connectivity index (χ2v) is 8.28. The summed E-state index contributed by atoms with van der Waals surface area (Å²) in [7, 11) is 0. The van der Waals surface area contributed by atoms with Crippen molar-refractivity contribution in [3.8, 4) is 0 Å². The Morgan fingerprint density at radius 1 is 1.21 bits per heavy atom. The molecule has 0 atom stereocenters. The van der Waals surface area contributed by atoms with E-state index in [-0.39, 0.29) is 11.7 Å². The van der Waals surface area contributed by atoms with Gasteiger partial charge in [0.1, 0.15) is 5.82 Å². The normalized spacial score (nSPS) is 15.3. The maximum atomic E-state index is 13.6. The Balaban J connectivity index is 1.39. The van der Waals surface area contributed by atoms with Gasteiger partial charge in [-0.15, -0.1) is 0 Å². The Bertz CT molecular complexity index is 827. The third kappa shape index (κ3) is 6.01. The minimum absolute atomic E-state index is 0.0736. The van der Waals surface area contributed by atoms with Gasteiger partial charge >= 0.3 is 0 Å². The van der Waals surface area contributed by atoms with Crippen molar-refractivity contribution in [2.45, 2.75) is 26.3 Å². The van der Waals surface area contributed by atoms with E-state index in [4.69, 9.17) is 0 Å². The van der Waals surface area contributed by atoms with Crippen LogP contribution in [0.2, 0.25) is 0 Å². The molecule has 148 valence electrons. The molecular weight excluding hydrogens is 419 g/mol. The lowest BCUT2D eigenvalue weighted by Crippen LogP contribution is -2.40. The molecule has 1 aliphatic heterocycles. The summed E-state index contributed by atoms with van der Waals surface area (Å²) in [6.07, 6.45) is 5.51. The first-order valence-electron chi connectivity index (χ1n) is 9.69. The van der Waals surface area contributed by atoms with Gasteiger partial charge in [0.2, 0.25) is 5.91 Å². The average molecular weight is 445 g/mol. The lowest BCUT2D eigenvalue weighted by atomic mass is 9.96. The first-order valence-corrected chi connectivity index (χ1v) is 10.5.